The fourth-order valence-corrected chi connectivity index (χ4v) is 3.65. The Labute approximate surface area is 92.4 Å². The van der Waals surface area contributed by atoms with Crippen LogP contribution in [0.3, 0.4) is 0 Å². The predicted octanol–water partition coefficient (Wildman–Crippen LogP) is 3.05. The van der Waals surface area contributed by atoms with Gasteiger partial charge in [-0.25, -0.2) is 0 Å². The molecule has 1 heterocycles. The molecule has 0 spiro atoms. The van der Waals surface area contributed by atoms with Crippen LogP contribution in [0.1, 0.15) is 45.4 Å². The van der Waals surface area contributed by atoms with Gasteiger partial charge in [0.25, 0.3) is 0 Å². The first-order valence-corrected chi connectivity index (χ1v) is 7.30. The van der Waals surface area contributed by atoms with E-state index in [9.17, 15) is 0 Å². The van der Waals surface area contributed by atoms with Crippen molar-refractivity contribution in [2.45, 2.75) is 56.7 Å². The maximum absolute atomic E-state index is 3.78. The first-order valence-electron chi connectivity index (χ1n) is 6.25. The molecule has 1 nitrogen and oxygen atoms in total. The molecule has 1 aliphatic carbocycles. The monoisotopic (exact) mass is 213 g/mol. The molecule has 2 atom stereocenters. The number of nitrogens with one attached hydrogen (secondary N) is 1. The van der Waals surface area contributed by atoms with Gasteiger partial charge in [0, 0.05) is 17.8 Å². The zero-order valence-electron chi connectivity index (χ0n) is 9.30. The molecule has 2 rings (SSSR count). The van der Waals surface area contributed by atoms with Gasteiger partial charge in [0.15, 0.2) is 0 Å². The van der Waals surface area contributed by atoms with Gasteiger partial charge in [-0.2, -0.15) is 11.8 Å². The lowest BCUT2D eigenvalue weighted by Crippen LogP contribution is -2.36. The highest BCUT2D eigenvalue weighted by atomic mass is 32.2. The van der Waals surface area contributed by atoms with Gasteiger partial charge in [0.05, 0.1) is 0 Å². The van der Waals surface area contributed by atoms with E-state index in [0.717, 1.165) is 17.2 Å². The van der Waals surface area contributed by atoms with E-state index < -0.39 is 0 Å². The van der Waals surface area contributed by atoms with Crippen LogP contribution in [0.15, 0.2) is 0 Å². The Balaban J connectivity index is 1.63. The second kappa shape index (κ2) is 5.41. The van der Waals surface area contributed by atoms with Crippen LogP contribution in [-0.2, 0) is 0 Å². The Kier molecular flexibility index (Phi) is 4.18. The number of thioether (sulfide) groups is 1. The summed E-state index contributed by atoms with van der Waals surface area (Å²) in [5.74, 6) is 2.42. The molecule has 0 radical (unpaired) electrons. The largest absolute Gasteiger partial charge is 0.313 e. The van der Waals surface area contributed by atoms with Crippen LogP contribution in [0.25, 0.3) is 0 Å². The van der Waals surface area contributed by atoms with E-state index in [-0.39, 0.29) is 0 Å². The summed E-state index contributed by atoms with van der Waals surface area (Å²) in [4.78, 5) is 0. The molecule has 0 aromatic rings. The molecule has 1 aliphatic heterocycles. The van der Waals surface area contributed by atoms with Gasteiger partial charge in [-0.05, 0) is 43.8 Å². The standard InChI is InChI=1S/C12H23NS/c1-2-12(10-6-7-10)13-9-11-5-3-4-8-14-11/h10-13H,2-9H2,1H3. The second-order valence-electron chi connectivity index (χ2n) is 4.75. The second-order valence-corrected chi connectivity index (χ2v) is 6.16. The van der Waals surface area contributed by atoms with Crippen molar-refractivity contribution in [3.05, 3.63) is 0 Å². The molecule has 2 unspecified atom stereocenters. The minimum atomic E-state index is 0.831. The summed E-state index contributed by atoms with van der Waals surface area (Å²) in [5.41, 5.74) is 0. The van der Waals surface area contributed by atoms with E-state index in [2.05, 4.69) is 24.0 Å². The lowest BCUT2D eigenvalue weighted by molar-refractivity contribution is 0.442. The fourth-order valence-electron chi connectivity index (χ4n) is 2.39. The predicted molar refractivity (Wildman–Crippen MR) is 64.9 cm³/mol. The average Bonchev–Trinajstić information content (AvgIpc) is 3.05. The summed E-state index contributed by atoms with van der Waals surface area (Å²) in [6, 6.07) is 0.831. The van der Waals surface area contributed by atoms with Crippen molar-refractivity contribution >= 4 is 11.8 Å². The highest BCUT2D eigenvalue weighted by Gasteiger charge is 2.29. The third-order valence-electron chi connectivity index (χ3n) is 3.51. The fraction of sp³-hybridized carbons (Fsp3) is 1.00. The van der Waals surface area contributed by atoms with Gasteiger partial charge in [0.2, 0.25) is 0 Å². The summed E-state index contributed by atoms with van der Waals surface area (Å²) >= 11 is 2.19. The van der Waals surface area contributed by atoms with Crippen molar-refractivity contribution in [3.63, 3.8) is 0 Å². The molecule has 14 heavy (non-hydrogen) atoms. The van der Waals surface area contributed by atoms with Crippen LogP contribution in [0.4, 0.5) is 0 Å². The summed E-state index contributed by atoms with van der Waals surface area (Å²) in [6.45, 7) is 3.59. The third kappa shape index (κ3) is 3.16. The van der Waals surface area contributed by atoms with E-state index in [4.69, 9.17) is 0 Å². The lowest BCUT2D eigenvalue weighted by Gasteiger charge is -2.24. The summed E-state index contributed by atoms with van der Waals surface area (Å²) in [7, 11) is 0. The van der Waals surface area contributed by atoms with Crippen LogP contribution in [0.2, 0.25) is 0 Å². The quantitative estimate of drug-likeness (QED) is 0.753. The summed E-state index contributed by atoms with van der Waals surface area (Å²) < 4.78 is 0. The van der Waals surface area contributed by atoms with Gasteiger partial charge in [-0.1, -0.05) is 13.3 Å². The van der Waals surface area contributed by atoms with Crippen LogP contribution >= 0.6 is 11.8 Å². The molecule has 2 fully saturated rings. The first-order chi connectivity index (χ1) is 6.90. The molecule has 2 aliphatic rings. The molecule has 2 heteroatoms. The van der Waals surface area contributed by atoms with Crippen molar-refractivity contribution in [2.24, 2.45) is 5.92 Å². The summed E-state index contributed by atoms with van der Waals surface area (Å²) in [5, 5.41) is 4.69. The minimum Gasteiger partial charge on any atom is -0.313 e. The molecule has 0 aromatic carbocycles. The van der Waals surface area contributed by atoms with Gasteiger partial charge < -0.3 is 5.32 Å². The van der Waals surface area contributed by atoms with Crippen molar-refractivity contribution in [1.29, 1.82) is 0 Å². The van der Waals surface area contributed by atoms with Crippen molar-refractivity contribution in [2.75, 3.05) is 12.3 Å². The smallest absolute Gasteiger partial charge is 0.0172 e. The highest BCUT2D eigenvalue weighted by molar-refractivity contribution is 7.99. The van der Waals surface area contributed by atoms with E-state index in [1.807, 2.05) is 0 Å². The molecular weight excluding hydrogens is 190 g/mol. The SMILES string of the molecule is CCC(NCC1CCCCS1)C1CC1. The molecule has 1 saturated carbocycles. The Morgan fingerprint density at radius 3 is 2.71 bits per heavy atom. The molecule has 0 bridgehead atoms. The van der Waals surface area contributed by atoms with E-state index in [1.54, 1.807) is 0 Å². The van der Waals surface area contributed by atoms with Crippen LogP contribution in [0, 0.1) is 5.92 Å². The normalized spacial score (nSPS) is 30.2. The average molecular weight is 213 g/mol. The topological polar surface area (TPSA) is 12.0 Å². The third-order valence-corrected chi connectivity index (χ3v) is 4.91. The van der Waals surface area contributed by atoms with Crippen LogP contribution < -0.4 is 5.32 Å². The zero-order valence-corrected chi connectivity index (χ0v) is 10.1. The maximum Gasteiger partial charge on any atom is 0.0172 e. The van der Waals surface area contributed by atoms with E-state index >= 15 is 0 Å². The molecule has 82 valence electrons. The molecule has 0 aromatic heterocycles. The lowest BCUT2D eigenvalue weighted by atomic mass is 10.1. The van der Waals surface area contributed by atoms with Crippen LogP contribution in [-0.4, -0.2) is 23.6 Å². The van der Waals surface area contributed by atoms with Crippen LogP contribution in [0.5, 0.6) is 0 Å². The van der Waals surface area contributed by atoms with Crippen molar-refractivity contribution < 1.29 is 0 Å². The molecule has 1 N–H and O–H groups in total. The number of hydrogen-bond acceptors (Lipinski definition) is 2. The summed E-state index contributed by atoms with van der Waals surface area (Å²) in [6.07, 6.45) is 8.62. The highest BCUT2D eigenvalue weighted by Crippen LogP contribution is 2.34. The first kappa shape index (κ1) is 10.8. The Morgan fingerprint density at radius 2 is 2.14 bits per heavy atom. The number of hydrogen-bond donors (Lipinski definition) is 1. The molecular formula is C12H23NS. The molecule has 0 amide bonds. The van der Waals surface area contributed by atoms with E-state index in [0.29, 0.717) is 0 Å². The van der Waals surface area contributed by atoms with Gasteiger partial charge >= 0.3 is 0 Å². The number of rotatable bonds is 5. The van der Waals surface area contributed by atoms with E-state index in [1.165, 1.54) is 50.8 Å². The minimum absolute atomic E-state index is 0.831. The Morgan fingerprint density at radius 1 is 1.29 bits per heavy atom. The van der Waals surface area contributed by atoms with Crippen molar-refractivity contribution in [1.82, 2.24) is 5.32 Å². The molecule has 1 saturated heterocycles. The van der Waals surface area contributed by atoms with Gasteiger partial charge in [-0.3, -0.25) is 0 Å². The maximum atomic E-state index is 3.78. The van der Waals surface area contributed by atoms with Crippen molar-refractivity contribution in [3.8, 4) is 0 Å². The zero-order chi connectivity index (χ0) is 9.80. The van der Waals surface area contributed by atoms with Gasteiger partial charge in [0.1, 0.15) is 0 Å². The Hall–Kier alpha value is 0.310. The van der Waals surface area contributed by atoms with Gasteiger partial charge in [-0.15, -0.1) is 0 Å². The Bertz CT molecular complexity index is 162.